The van der Waals surface area contributed by atoms with E-state index in [1.807, 2.05) is 45.0 Å². The van der Waals surface area contributed by atoms with Crippen LogP contribution in [0.3, 0.4) is 0 Å². The van der Waals surface area contributed by atoms with Gasteiger partial charge in [0, 0.05) is 5.56 Å². The molecule has 2 aromatic rings. The number of benzene rings is 1. The summed E-state index contributed by atoms with van der Waals surface area (Å²) < 4.78 is 15.4. The molecular formula is C16H20N2O4. The Kier molecular flexibility index (Phi) is 4.80. The van der Waals surface area contributed by atoms with E-state index in [9.17, 15) is 4.79 Å². The van der Waals surface area contributed by atoms with E-state index < -0.39 is 0 Å². The second-order valence-corrected chi connectivity index (χ2v) is 6.14. The normalized spacial score (nSPS) is 11.3. The number of esters is 1. The van der Waals surface area contributed by atoms with Crippen LogP contribution < -0.4 is 4.74 Å². The first-order chi connectivity index (χ1) is 10.4. The van der Waals surface area contributed by atoms with Gasteiger partial charge in [0.1, 0.15) is 5.75 Å². The largest absolute Gasteiger partial charge is 0.497 e. The van der Waals surface area contributed by atoms with E-state index in [2.05, 4.69) is 10.1 Å². The molecule has 1 aromatic heterocycles. The van der Waals surface area contributed by atoms with Crippen LogP contribution in [-0.2, 0) is 16.1 Å². The summed E-state index contributed by atoms with van der Waals surface area (Å²) in [5.74, 6) is 1.19. The van der Waals surface area contributed by atoms with Gasteiger partial charge in [0.05, 0.1) is 13.5 Å². The first-order valence-corrected chi connectivity index (χ1v) is 7.00. The number of ether oxygens (including phenoxy) is 2. The van der Waals surface area contributed by atoms with Crippen molar-refractivity contribution >= 4 is 5.97 Å². The molecule has 0 spiro atoms. The molecule has 6 heteroatoms. The predicted molar refractivity (Wildman–Crippen MR) is 80.2 cm³/mol. The van der Waals surface area contributed by atoms with Gasteiger partial charge in [-0.1, -0.05) is 25.9 Å². The summed E-state index contributed by atoms with van der Waals surface area (Å²) in [4.78, 5) is 15.9. The van der Waals surface area contributed by atoms with Crippen LogP contribution in [0.5, 0.6) is 5.75 Å². The molecule has 0 unspecified atom stereocenters. The molecule has 0 aliphatic rings. The average Bonchev–Trinajstić information content (AvgIpc) is 2.92. The molecule has 0 radical (unpaired) electrons. The van der Waals surface area contributed by atoms with Crippen LogP contribution in [0.1, 0.15) is 33.0 Å². The van der Waals surface area contributed by atoms with Gasteiger partial charge in [0.25, 0.3) is 5.89 Å². The fourth-order valence-electron chi connectivity index (χ4n) is 1.79. The molecule has 118 valence electrons. The Labute approximate surface area is 129 Å². The van der Waals surface area contributed by atoms with Crippen molar-refractivity contribution in [3.8, 4) is 17.2 Å². The lowest BCUT2D eigenvalue weighted by Crippen LogP contribution is -2.15. The van der Waals surface area contributed by atoms with Gasteiger partial charge in [-0.05, 0) is 29.7 Å². The lowest BCUT2D eigenvalue weighted by atomic mass is 9.93. The minimum absolute atomic E-state index is 0.00850. The number of methoxy groups -OCH3 is 1. The number of hydrogen-bond donors (Lipinski definition) is 0. The zero-order valence-electron chi connectivity index (χ0n) is 13.3. The smallest absolute Gasteiger partial charge is 0.306 e. The zero-order chi connectivity index (χ0) is 16.2. The van der Waals surface area contributed by atoms with E-state index in [0.717, 1.165) is 11.3 Å². The fourth-order valence-corrected chi connectivity index (χ4v) is 1.79. The summed E-state index contributed by atoms with van der Waals surface area (Å²) in [6.45, 7) is 5.94. The molecule has 0 atom stereocenters. The highest BCUT2D eigenvalue weighted by molar-refractivity contribution is 5.70. The summed E-state index contributed by atoms with van der Waals surface area (Å²) >= 11 is 0. The first-order valence-electron chi connectivity index (χ1n) is 7.00. The van der Waals surface area contributed by atoms with Crippen molar-refractivity contribution in [2.45, 2.75) is 33.8 Å². The van der Waals surface area contributed by atoms with Crippen LogP contribution in [0.25, 0.3) is 11.5 Å². The van der Waals surface area contributed by atoms with Crippen LogP contribution in [0.2, 0.25) is 0 Å². The Hall–Kier alpha value is -2.37. The maximum Gasteiger partial charge on any atom is 0.306 e. The van der Waals surface area contributed by atoms with Gasteiger partial charge < -0.3 is 14.0 Å². The molecule has 0 aliphatic carbocycles. The topological polar surface area (TPSA) is 74.5 Å². The van der Waals surface area contributed by atoms with Crippen molar-refractivity contribution in [2.75, 3.05) is 7.11 Å². The summed E-state index contributed by atoms with van der Waals surface area (Å²) in [7, 11) is 1.60. The monoisotopic (exact) mass is 304 g/mol. The summed E-state index contributed by atoms with van der Waals surface area (Å²) in [5.41, 5.74) is 0.670. The molecule has 0 N–H and O–H groups in total. The van der Waals surface area contributed by atoms with Gasteiger partial charge >= 0.3 is 5.97 Å². The summed E-state index contributed by atoms with van der Waals surface area (Å²) in [6.07, 6.45) is 0.343. The minimum Gasteiger partial charge on any atom is -0.497 e. The van der Waals surface area contributed by atoms with E-state index in [4.69, 9.17) is 14.0 Å². The van der Waals surface area contributed by atoms with E-state index in [1.54, 1.807) is 7.11 Å². The maximum atomic E-state index is 11.7. The SMILES string of the molecule is COc1ccc(-c2nc(COC(=O)CC(C)(C)C)no2)cc1. The predicted octanol–water partition coefficient (Wildman–Crippen LogP) is 3.22. The molecule has 2 rings (SSSR count). The Morgan fingerprint density at radius 1 is 1.23 bits per heavy atom. The highest BCUT2D eigenvalue weighted by atomic mass is 16.5. The van der Waals surface area contributed by atoms with Crippen molar-refractivity contribution in [1.29, 1.82) is 0 Å². The Morgan fingerprint density at radius 3 is 2.50 bits per heavy atom. The molecule has 6 nitrogen and oxygen atoms in total. The van der Waals surface area contributed by atoms with Crippen LogP contribution in [0.4, 0.5) is 0 Å². The zero-order valence-corrected chi connectivity index (χ0v) is 13.3. The fraction of sp³-hybridized carbons (Fsp3) is 0.438. The Bertz CT molecular complexity index is 626. The Balaban J connectivity index is 1.95. The van der Waals surface area contributed by atoms with Crippen LogP contribution in [0, 0.1) is 5.41 Å². The van der Waals surface area contributed by atoms with E-state index in [-0.39, 0.29) is 18.0 Å². The number of nitrogens with zero attached hydrogens (tertiary/aromatic N) is 2. The molecule has 1 aromatic carbocycles. The molecule has 22 heavy (non-hydrogen) atoms. The van der Waals surface area contributed by atoms with Crippen molar-refractivity contribution in [3.05, 3.63) is 30.1 Å². The average molecular weight is 304 g/mol. The summed E-state index contributed by atoms with van der Waals surface area (Å²) in [6, 6.07) is 7.26. The lowest BCUT2D eigenvalue weighted by molar-refractivity contribution is -0.147. The number of carbonyl (C=O) groups is 1. The number of aromatic nitrogens is 2. The van der Waals surface area contributed by atoms with Gasteiger partial charge in [0.2, 0.25) is 5.82 Å². The van der Waals surface area contributed by atoms with E-state index in [0.29, 0.717) is 18.1 Å². The second-order valence-electron chi connectivity index (χ2n) is 6.14. The van der Waals surface area contributed by atoms with E-state index in [1.165, 1.54) is 0 Å². The highest BCUT2D eigenvalue weighted by Crippen LogP contribution is 2.21. The number of hydrogen-bond acceptors (Lipinski definition) is 6. The number of rotatable bonds is 5. The van der Waals surface area contributed by atoms with Gasteiger partial charge in [-0.25, -0.2) is 0 Å². The maximum absolute atomic E-state index is 11.7. The lowest BCUT2D eigenvalue weighted by Gasteiger charge is -2.15. The summed E-state index contributed by atoms with van der Waals surface area (Å²) in [5, 5.41) is 3.81. The molecule has 0 fully saturated rings. The van der Waals surface area contributed by atoms with Crippen LogP contribution >= 0.6 is 0 Å². The van der Waals surface area contributed by atoms with Gasteiger partial charge in [-0.2, -0.15) is 4.98 Å². The third-order valence-electron chi connectivity index (χ3n) is 2.84. The second kappa shape index (κ2) is 6.60. The molecule has 0 bridgehead atoms. The molecule has 0 amide bonds. The van der Waals surface area contributed by atoms with Crippen molar-refractivity contribution in [3.63, 3.8) is 0 Å². The Morgan fingerprint density at radius 2 is 1.91 bits per heavy atom. The van der Waals surface area contributed by atoms with Crippen molar-refractivity contribution < 1.29 is 18.8 Å². The minimum atomic E-state index is -0.275. The number of carbonyl (C=O) groups excluding carboxylic acids is 1. The van der Waals surface area contributed by atoms with Gasteiger partial charge in [-0.3, -0.25) is 4.79 Å². The highest BCUT2D eigenvalue weighted by Gasteiger charge is 2.18. The third kappa shape index (κ3) is 4.58. The van der Waals surface area contributed by atoms with Gasteiger partial charge in [-0.15, -0.1) is 0 Å². The standard InChI is InChI=1S/C16H20N2O4/c1-16(2,3)9-14(19)21-10-13-17-15(22-18-13)11-5-7-12(20-4)8-6-11/h5-8H,9-10H2,1-4H3. The third-order valence-corrected chi connectivity index (χ3v) is 2.84. The molecule has 0 saturated heterocycles. The molecule has 0 saturated carbocycles. The van der Waals surface area contributed by atoms with Crippen molar-refractivity contribution in [1.82, 2.24) is 10.1 Å². The molecule has 1 heterocycles. The molecule has 0 aliphatic heterocycles. The quantitative estimate of drug-likeness (QED) is 0.789. The van der Waals surface area contributed by atoms with Crippen LogP contribution in [-0.4, -0.2) is 23.2 Å². The van der Waals surface area contributed by atoms with Crippen molar-refractivity contribution in [2.24, 2.45) is 5.41 Å². The van der Waals surface area contributed by atoms with E-state index >= 15 is 0 Å². The first kappa shape index (κ1) is 16.0. The molecular weight excluding hydrogens is 284 g/mol. The van der Waals surface area contributed by atoms with Crippen LogP contribution in [0.15, 0.2) is 28.8 Å². The van der Waals surface area contributed by atoms with Gasteiger partial charge in [0.15, 0.2) is 6.61 Å².